The highest BCUT2D eigenvalue weighted by molar-refractivity contribution is 7.91. The van der Waals surface area contributed by atoms with Crippen LogP contribution in [0.3, 0.4) is 0 Å². The van der Waals surface area contributed by atoms with Crippen molar-refractivity contribution in [1.82, 2.24) is 18.9 Å². The normalized spacial score (nSPS) is 12.3. The molecule has 0 saturated heterocycles. The van der Waals surface area contributed by atoms with Gasteiger partial charge in [-0.3, -0.25) is 9.19 Å². The number of hydrogen-bond donors (Lipinski definition) is 1. The van der Waals surface area contributed by atoms with Crippen LogP contribution in [0.2, 0.25) is 0 Å². The van der Waals surface area contributed by atoms with E-state index in [0.29, 0.717) is 17.0 Å². The highest BCUT2D eigenvalue weighted by Gasteiger charge is 2.29. The van der Waals surface area contributed by atoms with E-state index < -0.39 is 33.4 Å². The third-order valence-electron chi connectivity index (χ3n) is 5.57. The number of pyridine rings is 2. The Hall–Kier alpha value is -4.04. The van der Waals surface area contributed by atoms with Crippen molar-refractivity contribution >= 4 is 38.0 Å². The Morgan fingerprint density at radius 3 is 2.39 bits per heavy atom. The van der Waals surface area contributed by atoms with Gasteiger partial charge in [-0.15, -0.1) is 0 Å². The molecule has 1 atom stereocenters. The molecule has 4 aromatic rings. The molecule has 0 radical (unpaired) electrons. The average Bonchev–Trinajstić information content (AvgIpc) is 3.29. The number of benzene rings is 1. The molecule has 14 heteroatoms. The maximum Gasteiger partial charge on any atom is 0.341 e. The number of fused-ring (bicyclic) bond motifs is 1. The number of ether oxygens (including phenoxy) is 3. The summed E-state index contributed by atoms with van der Waals surface area (Å²) in [6, 6.07) is 8.19. The standard InChI is InChI=1S/C24H24N4O8S2/c1-14-11-25-19(15(2)22(14)35-4)13-37(31)24-26-18-9-10-20(34-3)27-23(18)28(24)38(32,33)17-7-5-16(6-8-17)36-12-21(29)30/h5-11H,12-13H2,1-4H3,(H,29,30). The summed E-state index contributed by atoms with van der Waals surface area (Å²) in [7, 11) is -3.42. The molecule has 0 spiro atoms. The lowest BCUT2D eigenvalue weighted by molar-refractivity contribution is -0.139. The van der Waals surface area contributed by atoms with Gasteiger partial charge in [0.2, 0.25) is 11.0 Å². The van der Waals surface area contributed by atoms with Crippen molar-refractivity contribution in [3.8, 4) is 17.4 Å². The van der Waals surface area contributed by atoms with E-state index in [-0.39, 0.29) is 38.6 Å². The van der Waals surface area contributed by atoms with Crippen LogP contribution in [0, 0.1) is 13.8 Å². The number of nitrogens with zero attached hydrogens (tertiary/aromatic N) is 4. The van der Waals surface area contributed by atoms with E-state index in [9.17, 15) is 17.4 Å². The van der Waals surface area contributed by atoms with Crippen LogP contribution in [0.25, 0.3) is 11.2 Å². The zero-order valence-electron chi connectivity index (χ0n) is 20.9. The summed E-state index contributed by atoms with van der Waals surface area (Å²) in [6.45, 7) is 3.04. The maximum atomic E-state index is 13.8. The fourth-order valence-corrected chi connectivity index (χ4v) is 6.72. The summed E-state index contributed by atoms with van der Waals surface area (Å²) in [4.78, 5) is 23.6. The average molecular weight is 561 g/mol. The van der Waals surface area contributed by atoms with Crippen LogP contribution < -0.4 is 14.2 Å². The minimum Gasteiger partial charge on any atom is -0.496 e. The van der Waals surface area contributed by atoms with Gasteiger partial charge in [0, 0.05) is 23.4 Å². The second-order valence-electron chi connectivity index (χ2n) is 8.05. The van der Waals surface area contributed by atoms with Crippen LogP contribution >= 0.6 is 0 Å². The predicted molar refractivity (Wildman–Crippen MR) is 137 cm³/mol. The molecule has 0 fully saturated rings. The molecular weight excluding hydrogens is 536 g/mol. The second-order valence-corrected chi connectivity index (χ2v) is 11.2. The number of aromatic nitrogens is 4. The van der Waals surface area contributed by atoms with E-state index >= 15 is 0 Å². The lowest BCUT2D eigenvalue weighted by Gasteiger charge is -2.13. The summed E-state index contributed by atoms with van der Waals surface area (Å²) in [5.41, 5.74) is 2.09. The number of carboxylic acid groups (broad SMARTS) is 1. The van der Waals surface area contributed by atoms with Gasteiger partial charge in [-0.25, -0.2) is 18.2 Å². The topological polar surface area (TPSA) is 160 Å². The van der Waals surface area contributed by atoms with Crippen LogP contribution in [0.4, 0.5) is 0 Å². The van der Waals surface area contributed by atoms with E-state index in [4.69, 9.17) is 19.3 Å². The van der Waals surface area contributed by atoms with E-state index in [0.717, 1.165) is 9.54 Å². The molecule has 0 aliphatic heterocycles. The Balaban J connectivity index is 1.82. The van der Waals surface area contributed by atoms with Crippen LogP contribution in [0.15, 0.2) is 52.6 Å². The van der Waals surface area contributed by atoms with Crippen molar-refractivity contribution in [2.45, 2.75) is 29.7 Å². The fraction of sp³-hybridized carbons (Fsp3) is 0.250. The summed E-state index contributed by atoms with van der Waals surface area (Å²) in [6.07, 6.45) is 1.60. The van der Waals surface area contributed by atoms with Crippen molar-refractivity contribution in [2.24, 2.45) is 0 Å². The second kappa shape index (κ2) is 10.8. The highest BCUT2D eigenvalue weighted by atomic mass is 32.2. The number of aryl methyl sites for hydroxylation is 1. The lowest BCUT2D eigenvalue weighted by Crippen LogP contribution is -2.18. The Morgan fingerprint density at radius 1 is 1.05 bits per heavy atom. The number of imidazole rings is 1. The molecule has 0 saturated carbocycles. The van der Waals surface area contributed by atoms with Crippen molar-refractivity contribution in [1.29, 1.82) is 0 Å². The first kappa shape index (κ1) is 27.0. The third-order valence-corrected chi connectivity index (χ3v) is 8.59. The van der Waals surface area contributed by atoms with Gasteiger partial charge in [0.1, 0.15) is 17.0 Å². The van der Waals surface area contributed by atoms with E-state index in [1.165, 1.54) is 50.6 Å². The maximum absolute atomic E-state index is 13.8. The van der Waals surface area contributed by atoms with Gasteiger partial charge in [-0.05, 0) is 44.2 Å². The van der Waals surface area contributed by atoms with Crippen LogP contribution in [-0.4, -0.2) is 63.5 Å². The molecule has 0 amide bonds. The number of hydrogen-bond acceptors (Lipinski definition) is 10. The van der Waals surface area contributed by atoms with Crippen LogP contribution in [0.1, 0.15) is 16.8 Å². The number of rotatable bonds is 10. The molecule has 3 heterocycles. The third kappa shape index (κ3) is 5.17. The zero-order chi connectivity index (χ0) is 27.6. The Bertz CT molecular complexity index is 1650. The van der Waals surface area contributed by atoms with Gasteiger partial charge < -0.3 is 19.3 Å². The van der Waals surface area contributed by atoms with E-state index in [1.54, 1.807) is 13.1 Å². The van der Waals surface area contributed by atoms with Gasteiger partial charge in [-0.2, -0.15) is 8.96 Å². The molecule has 1 N–H and O–H groups in total. The molecule has 38 heavy (non-hydrogen) atoms. The van der Waals surface area contributed by atoms with Gasteiger partial charge in [0.15, 0.2) is 12.3 Å². The summed E-state index contributed by atoms with van der Waals surface area (Å²) in [5.74, 6) is -0.385. The number of carboxylic acids is 1. The molecule has 0 bridgehead atoms. The van der Waals surface area contributed by atoms with Crippen molar-refractivity contribution in [3.05, 3.63) is 59.4 Å². The quantitative estimate of drug-likeness (QED) is 0.303. The summed E-state index contributed by atoms with van der Waals surface area (Å²) in [5, 5.41) is 8.54. The molecule has 200 valence electrons. The SMILES string of the molecule is COc1ccc2nc(S(=O)Cc3ncc(C)c(OC)c3C)n(S(=O)(=O)c3ccc(OCC(=O)O)cc3)c2n1. The molecule has 1 aromatic carbocycles. The number of carbonyl (C=O) groups is 1. The van der Waals surface area contributed by atoms with Gasteiger partial charge in [-0.1, -0.05) is 0 Å². The molecule has 3 aromatic heterocycles. The van der Waals surface area contributed by atoms with Crippen molar-refractivity contribution in [2.75, 3.05) is 20.8 Å². The number of methoxy groups -OCH3 is 2. The number of aliphatic carboxylic acids is 1. The summed E-state index contributed by atoms with van der Waals surface area (Å²) < 4.78 is 57.8. The molecular formula is C24H24N4O8S2. The first-order chi connectivity index (χ1) is 18.1. The van der Waals surface area contributed by atoms with Crippen LogP contribution in [0.5, 0.6) is 17.4 Å². The molecule has 12 nitrogen and oxygen atoms in total. The Labute approximate surface area is 220 Å². The monoisotopic (exact) mass is 560 g/mol. The minimum atomic E-state index is -4.37. The van der Waals surface area contributed by atoms with Crippen molar-refractivity contribution < 1.29 is 36.7 Å². The van der Waals surface area contributed by atoms with Gasteiger partial charge in [0.05, 0.1) is 41.4 Å². The van der Waals surface area contributed by atoms with Gasteiger partial charge >= 0.3 is 5.97 Å². The molecule has 0 aliphatic carbocycles. The van der Waals surface area contributed by atoms with E-state index in [1.807, 2.05) is 6.92 Å². The smallest absolute Gasteiger partial charge is 0.341 e. The fourth-order valence-electron chi connectivity index (χ4n) is 3.74. The molecule has 1 unspecified atom stereocenters. The van der Waals surface area contributed by atoms with Crippen molar-refractivity contribution in [3.63, 3.8) is 0 Å². The lowest BCUT2D eigenvalue weighted by atomic mass is 10.1. The van der Waals surface area contributed by atoms with E-state index in [2.05, 4.69) is 15.0 Å². The molecule has 0 aliphatic rings. The largest absolute Gasteiger partial charge is 0.496 e. The first-order valence-corrected chi connectivity index (χ1v) is 13.8. The Morgan fingerprint density at radius 2 is 1.76 bits per heavy atom. The summed E-state index contributed by atoms with van der Waals surface area (Å²) >= 11 is 0. The Kier molecular flexibility index (Phi) is 7.64. The minimum absolute atomic E-state index is 0.0647. The highest BCUT2D eigenvalue weighted by Crippen LogP contribution is 2.29. The zero-order valence-corrected chi connectivity index (χ0v) is 22.5. The van der Waals surface area contributed by atoms with Crippen LogP contribution in [-0.2, 0) is 31.4 Å². The molecule has 4 rings (SSSR count). The first-order valence-electron chi connectivity index (χ1n) is 11.1. The van der Waals surface area contributed by atoms with Gasteiger partial charge in [0.25, 0.3) is 10.0 Å². The predicted octanol–water partition coefficient (Wildman–Crippen LogP) is 2.47.